The van der Waals surface area contributed by atoms with Crippen LogP contribution in [0.2, 0.25) is 0 Å². The summed E-state index contributed by atoms with van der Waals surface area (Å²) in [7, 11) is 0. The van der Waals surface area contributed by atoms with Crippen LogP contribution in [-0.4, -0.2) is 30.1 Å². The molecule has 4 heteroatoms. The molecule has 2 N–H and O–H groups in total. The number of esters is 1. The zero-order valence-corrected chi connectivity index (χ0v) is 10.6. The van der Waals surface area contributed by atoms with Crippen LogP contribution in [-0.2, 0) is 9.53 Å². The molecule has 0 aliphatic rings. The number of rotatable bonds is 9. The van der Waals surface area contributed by atoms with Crippen LogP contribution < -0.4 is 5.73 Å². The molecule has 0 saturated carbocycles. The molecule has 0 spiro atoms. The fourth-order valence-corrected chi connectivity index (χ4v) is 2.04. The predicted octanol–water partition coefficient (Wildman–Crippen LogP) is 2.19. The average molecular weight is 233 g/mol. The first-order chi connectivity index (χ1) is 7.20. The Morgan fingerprint density at radius 1 is 1.40 bits per heavy atom. The number of nitrogens with two attached hydrogens (primary N) is 1. The molecule has 15 heavy (non-hydrogen) atoms. The summed E-state index contributed by atoms with van der Waals surface area (Å²) < 4.78 is 4.84. The third kappa shape index (κ3) is 10.1. The minimum atomic E-state index is -0.0690. The maximum atomic E-state index is 11.0. The van der Waals surface area contributed by atoms with Crippen molar-refractivity contribution in [3.05, 3.63) is 0 Å². The van der Waals surface area contributed by atoms with Gasteiger partial charge >= 0.3 is 5.97 Å². The maximum absolute atomic E-state index is 11.0. The normalized spacial score (nSPS) is 12.5. The summed E-state index contributed by atoms with van der Waals surface area (Å²) in [5.41, 5.74) is 5.50. The van der Waals surface area contributed by atoms with Gasteiger partial charge in [-0.05, 0) is 25.5 Å². The highest BCUT2D eigenvalue weighted by molar-refractivity contribution is 7.99. The van der Waals surface area contributed by atoms with Gasteiger partial charge in [0.05, 0.1) is 6.61 Å². The molecular weight excluding hydrogens is 210 g/mol. The van der Waals surface area contributed by atoms with Gasteiger partial charge in [0.15, 0.2) is 0 Å². The van der Waals surface area contributed by atoms with E-state index in [0.29, 0.717) is 18.3 Å². The fraction of sp³-hybridized carbons (Fsp3) is 0.909. The van der Waals surface area contributed by atoms with Crippen molar-refractivity contribution in [2.75, 3.05) is 18.9 Å². The van der Waals surface area contributed by atoms with Crippen LogP contribution in [0.25, 0.3) is 0 Å². The van der Waals surface area contributed by atoms with Gasteiger partial charge in [-0.1, -0.05) is 13.3 Å². The molecule has 0 rings (SSSR count). The SMILES string of the molecule is CCOC(=O)CCCCCSC(C)CN. The molecule has 1 atom stereocenters. The Balaban J connectivity index is 3.14. The van der Waals surface area contributed by atoms with E-state index in [9.17, 15) is 4.79 Å². The van der Waals surface area contributed by atoms with Gasteiger partial charge in [0.1, 0.15) is 0 Å². The van der Waals surface area contributed by atoms with Gasteiger partial charge in [-0.2, -0.15) is 11.8 Å². The molecule has 0 radical (unpaired) electrons. The van der Waals surface area contributed by atoms with E-state index in [4.69, 9.17) is 10.5 Å². The van der Waals surface area contributed by atoms with Gasteiger partial charge in [-0.25, -0.2) is 0 Å². The van der Waals surface area contributed by atoms with Crippen LogP contribution in [0.5, 0.6) is 0 Å². The molecule has 0 aliphatic carbocycles. The summed E-state index contributed by atoms with van der Waals surface area (Å²) in [5.74, 6) is 1.07. The van der Waals surface area contributed by atoms with Crippen molar-refractivity contribution in [3.63, 3.8) is 0 Å². The minimum absolute atomic E-state index is 0.0690. The highest BCUT2D eigenvalue weighted by atomic mass is 32.2. The van der Waals surface area contributed by atoms with Crippen molar-refractivity contribution in [1.82, 2.24) is 0 Å². The second-order valence-electron chi connectivity index (χ2n) is 3.53. The molecule has 1 unspecified atom stereocenters. The number of unbranched alkanes of at least 4 members (excludes halogenated alkanes) is 2. The minimum Gasteiger partial charge on any atom is -0.466 e. The van der Waals surface area contributed by atoms with Gasteiger partial charge < -0.3 is 10.5 Å². The summed E-state index contributed by atoms with van der Waals surface area (Å²) in [6, 6.07) is 0. The molecule has 0 aromatic carbocycles. The lowest BCUT2D eigenvalue weighted by molar-refractivity contribution is -0.143. The second kappa shape index (κ2) is 10.3. The second-order valence-corrected chi connectivity index (χ2v) is 5.08. The summed E-state index contributed by atoms with van der Waals surface area (Å²) in [5, 5.41) is 0.551. The molecule has 0 heterocycles. The Morgan fingerprint density at radius 3 is 2.73 bits per heavy atom. The van der Waals surface area contributed by atoms with Crippen LogP contribution in [0, 0.1) is 0 Å². The smallest absolute Gasteiger partial charge is 0.305 e. The number of hydrogen-bond donors (Lipinski definition) is 1. The van der Waals surface area contributed by atoms with Crippen molar-refractivity contribution in [3.8, 4) is 0 Å². The lowest BCUT2D eigenvalue weighted by Crippen LogP contribution is -2.12. The Kier molecular flexibility index (Phi) is 10.2. The predicted molar refractivity (Wildman–Crippen MR) is 66.1 cm³/mol. The van der Waals surface area contributed by atoms with Gasteiger partial charge in [0, 0.05) is 18.2 Å². The van der Waals surface area contributed by atoms with Gasteiger partial charge in [-0.3, -0.25) is 4.79 Å². The number of hydrogen-bond acceptors (Lipinski definition) is 4. The number of ether oxygens (including phenoxy) is 1. The number of thioether (sulfide) groups is 1. The molecule has 0 aromatic heterocycles. The Morgan fingerprint density at radius 2 is 2.13 bits per heavy atom. The van der Waals surface area contributed by atoms with E-state index in [0.717, 1.165) is 31.6 Å². The summed E-state index contributed by atoms with van der Waals surface area (Å²) >= 11 is 1.90. The molecule has 0 bridgehead atoms. The molecule has 0 amide bonds. The van der Waals surface area contributed by atoms with Crippen LogP contribution in [0.15, 0.2) is 0 Å². The van der Waals surface area contributed by atoms with E-state index in [1.807, 2.05) is 18.7 Å². The van der Waals surface area contributed by atoms with E-state index in [2.05, 4.69) is 6.92 Å². The van der Waals surface area contributed by atoms with Crippen molar-refractivity contribution in [2.45, 2.75) is 44.8 Å². The van der Waals surface area contributed by atoms with E-state index >= 15 is 0 Å². The van der Waals surface area contributed by atoms with Crippen molar-refractivity contribution < 1.29 is 9.53 Å². The maximum Gasteiger partial charge on any atom is 0.305 e. The highest BCUT2D eigenvalue weighted by Crippen LogP contribution is 2.12. The third-order valence-corrected chi connectivity index (χ3v) is 3.35. The van der Waals surface area contributed by atoms with Crippen LogP contribution in [0.1, 0.15) is 39.5 Å². The van der Waals surface area contributed by atoms with Gasteiger partial charge in [-0.15, -0.1) is 0 Å². The monoisotopic (exact) mass is 233 g/mol. The zero-order valence-electron chi connectivity index (χ0n) is 9.83. The van der Waals surface area contributed by atoms with Gasteiger partial charge in [0.2, 0.25) is 0 Å². The van der Waals surface area contributed by atoms with Crippen molar-refractivity contribution in [2.24, 2.45) is 5.73 Å². The number of carbonyl (C=O) groups excluding carboxylic acids is 1. The van der Waals surface area contributed by atoms with E-state index in [1.165, 1.54) is 0 Å². The van der Waals surface area contributed by atoms with E-state index in [-0.39, 0.29) is 5.97 Å². The average Bonchev–Trinajstić information content (AvgIpc) is 2.23. The Hall–Kier alpha value is -0.220. The fourth-order valence-electron chi connectivity index (χ4n) is 1.13. The molecule has 0 aromatic rings. The lowest BCUT2D eigenvalue weighted by Gasteiger charge is -2.07. The standard InChI is InChI=1S/C11H23NO2S/c1-3-14-11(13)7-5-4-6-8-15-10(2)9-12/h10H,3-9,12H2,1-2H3. The zero-order chi connectivity index (χ0) is 11.5. The van der Waals surface area contributed by atoms with Crippen molar-refractivity contribution in [1.29, 1.82) is 0 Å². The first-order valence-corrected chi connectivity index (χ1v) is 6.72. The number of carbonyl (C=O) groups is 1. The molecular formula is C11H23NO2S. The summed E-state index contributed by atoms with van der Waals surface area (Å²) in [4.78, 5) is 11.0. The first-order valence-electron chi connectivity index (χ1n) is 5.68. The first kappa shape index (κ1) is 14.8. The third-order valence-electron chi connectivity index (χ3n) is 2.06. The van der Waals surface area contributed by atoms with Crippen LogP contribution >= 0.6 is 11.8 Å². The van der Waals surface area contributed by atoms with E-state index in [1.54, 1.807) is 0 Å². The quantitative estimate of drug-likeness (QED) is 0.490. The molecule has 90 valence electrons. The Bertz CT molecular complexity index is 165. The van der Waals surface area contributed by atoms with Crippen LogP contribution in [0.4, 0.5) is 0 Å². The largest absolute Gasteiger partial charge is 0.466 e. The van der Waals surface area contributed by atoms with Crippen molar-refractivity contribution >= 4 is 17.7 Å². The topological polar surface area (TPSA) is 52.3 Å². The molecule has 3 nitrogen and oxygen atoms in total. The Labute approximate surface area is 97.1 Å². The summed E-state index contributed by atoms with van der Waals surface area (Å²) in [6.45, 7) is 5.21. The van der Waals surface area contributed by atoms with Gasteiger partial charge in [0.25, 0.3) is 0 Å². The molecule has 0 aliphatic heterocycles. The highest BCUT2D eigenvalue weighted by Gasteiger charge is 2.01. The lowest BCUT2D eigenvalue weighted by atomic mass is 10.2. The molecule has 0 fully saturated rings. The van der Waals surface area contributed by atoms with E-state index < -0.39 is 0 Å². The molecule has 0 saturated heterocycles. The van der Waals surface area contributed by atoms with Crippen LogP contribution in [0.3, 0.4) is 0 Å². The summed E-state index contributed by atoms with van der Waals surface area (Å²) in [6.07, 6.45) is 3.76.